The molecule has 0 atom stereocenters. The quantitative estimate of drug-likeness (QED) is 0.204. The highest BCUT2D eigenvalue weighted by molar-refractivity contribution is 6.13. The van der Waals surface area contributed by atoms with Gasteiger partial charge in [-0.1, -0.05) is 141 Å². The molecule has 0 amide bonds. The number of aromatic nitrogens is 3. The van der Waals surface area contributed by atoms with Crippen molar-refractivity contribution in [2.24, 2.45) is 0 Å². The van der Waals surface area contributed by atoms with E-state index in [-0.39, 0.29) is 5.41 Å². The lowest BCUT2D eigenvalue weighted by Crippen LogP contribution is -2.16. The second kappa shape index (κ2) is 10.1. The minimum atomic E-state index is -0.198. The van der Waals surface area contributed by atoms with E-state index in [9.17, 15) is 0 Å². The summed E-state index contributed by atoms with van der Waals surface area (Å²) < 4.78 is 6.67. The summed E-state index contributed by atoms with van der Waals surface area (Å²) in [6.45, 7) is 4.65. The van der Waals surface area contributed by atoms with E-state index in [1.807, 2.05) is 66.7 Å². The fourth-order valence-electron chi connectivity index (χ4n) is 7.12. The second-order valence-electron chi connectivity index (χ2n) is 12.4. The molecule has 218 valence electrons. The standard InChI is InChI=1S/C42H29N3O/c1-42(2)34-19-11-9-17-30(34)32-25-33-31-18-10-12-20-35(31)46-38(33)36(37(32)42)26-21-23-29(24-22-26)41-44-39(27-13-5-3-6-14-27)43-40(45-41)28-15-7-4-8-16-28/h3-25H,1-2H3. The van der Waals surface area contributed by atoms with Crippen LogP contribution in [0.2, 0.25) is 0 Å². The van der Waals surface area contributed by atoms with Crippen LogP contribution in [-0.2, 0) is 5.41 Å². The molecule has 1 aliphatic rings. The van der Waals surface area contributed by atoms with E-state index in [0.29, 0.717) is 17.5 Å². The number of benzene rings is 6. The number of para-hydroxylation sites is 1. The predicted molar refractivity (Wildman–Crippen MR) is 186 cm³/mol. The summed E-state index contributed by atoms with van der Waals surface area (Å²) in [6, 6.07) is 48.2. The Bertz CT molecular complexity index is 2370. The van der Waals surface area contributed by atoms with Gasteiger partial charge in [0, 0.05) is 38.4 Å². The Morgan fingerprint density at radius 1 is 0.478 bits per heavy atom. The predicted octanol–water partition coefficient (Wildman–Crippen LogP) is 10.7. The van der Waals surface area contributed by atoms with Gasteiger partial charge in [0.25, 0.3) is 0 Å². The van der Waals surface area contributed by atoms with E-state index >= 15 is 0 Å². The molecular weight excluding hydrogens is 562 g/mol. The molecule has 8 aromatic rings. The van der Waals surface area contributed by atoms with Gasteiger partial charge in [0.05, 0.1) is 0 Å². The number of furan rings is 1. The Labute approximate surface area is 267 Å². The summed E-state index contributed by atoms with van der Waals surface area (Å²) in [7, 11) is 0. The van der Waals surface area contributed by atoms with Crippen LogP contribution in [0.15, 0.2) is 144 Å². The third kappa shape index (κ3) is 4.04. The molecule has 46 heavy (non-hydrogen) atoms. The van der Waals surface area contributed by atoms with Gasteiger partial charge in [0.15, 0.2) is 17.5 Å². The topological polar surface area (TPSA) is 51.8 Å². The van der Waals surface area contributed by atoms with Crippen molar-refractivity contribution in [3.63, 3.8) is 0 Å². The average molecular weight is 592 g/mol. The van der Waals surface area contributed by atoms with Crippen LogP contribution in [0.3, 0.4) is 0 Å². The van der Waals surface area contributed by atoms with Crippen LogP contribution in [0.1, 0.15) is 25.0 Å². The van der Waals surface area contributed by atoms with Gasteiger partial charge >= 0.3 is 0 Å². The maximum atomic E-state index is 6.67. The van der Waals surface area contributed by atoms with Crippen molar-refractivity contribution in [3.8, 4) is 56.4 Å². The van der Waals surface area contributed by atoms with Crippen LogP contribution >= 0.6 is 0 Å². The molecule has 4 heteroatoms. The van der Waals surface area contributed by atoms with Crippen LogP contribution in [0.5, 0.6) is 0 Å². The summed E-state index contributed by atoms with van der Waals surface area (Å²) in [5, 5.41) is 2.27. The Morgan fingerprint density at radius 2 is 1.00 bits per heavy atom. The molecule has 0 radical (unpaired) electrons. The van der Waals surface area contributed by atoms with Gasteiger partial charge in [0.1, 0.15) is 11.2 Å². The van der Waals surface area contributed by atoms with E-state index in [2.05, 4.69) is 86.6 Å². The smallest absolute Gasteiger partial charge is 0.164 e. The minimum absolute atomic E-state index is 0.198. The fraction of sp³-hybridized carbons (Fsp3) is 0.0714. The van der Waals surface area contributed by atoms with Gasteiger partial charge < -0.3 is 4.42 Å². The molecule has 0 aliphatic heterocycles. The largest absolute Gasteiger partial charge is 0.455 e. The molecule has 0 saturated heterocycles. The number of hydrogen-bond acceptors (Lipinski definition) is 4. The summed E-state index contributed by atoms with van der Waals surface area (Å²) in [5.74, 6) is 1.94. The van der Waals surface area contributed by atoms with Gasteiger partial charge in [-0.2, -0.15) is 0 Å². The molecule has 9 rings (SSSR count). The molecule has 0 bridgehead atoms. The maximum absolute atomic E-state index is 6.67. The van der Waals surface area contributed by atoms with Crippen molar-refractivity contribution in [2.75, 3.05) is 0 Å². The first-order valence-corrected chi connectivity index (χ1v) is 15.6. The number of hydrogen-bond donors (Lipinski definition) is 0. The van der Waals surface area contributed by atoms with Crippen LogP contribution in [0.4, 0.5) is 0 Å². The van der Waals surface area contributed by atoms with E-state index < -0.39 is 0 Å². The van der Waals surface area contributed by atoms with Crippen LogP contribution in [0.25, 0.3) is 78.4 Å². The summed E-state index contributed by atoms with van der Waals surface area (Å²) in [6.07, 6.45) is 0. The molecule has 0 N–H and O–H groups in total. The van der Waals surface area contributed by atoms with Crippen LogP contribution < -0.4 is 0 Å². The van der Waals surface area contributed by atoms with Crippen LogP contribution in [0, 0.1) is 0 Å². The van der Waals surface area contributed by atoms with Crippen molar-refractivity contribution in [1.82, 2.24) is 15.0 Å². The van der Waals surface area contributed by atoms with Crippen molar-refractivity contribution in [1.29, 1.82) is 0 Å². The Morgan fingerprint density at radius 3 is 1.65 bits per heavy atom. The molecule has 0 saturated carbocycles. The van der Waals surface area contributed by atoms with E-state index in [4.69, 9.17) is 19.4 Å². The first-order valence-electron chi connectivity index (χ1n) is 15.6. The molecule has 0 unspecified atom stereocenters. The van der Waals surface area contributed by atoms with E-state index in [0.717, 1.165) is 49.8 Å². The number of rotatable bonds is 4. The summed E-state index contributed by atoms with van der Waals surface area (Å²) in [4.78, 5) is 14.8. The summed E-state index contributed by atoms with van der Waals surface area (Å²) >= 11 is 0. The maximum Gasteiger partial charge on any atom is 0.164 e. The summed E-state index contributed by atoms with van der Waals surface area (Å²) in [5.41, 5.74) is 11.9. The Hall–Kier alpha value is -5.87. The van der Waals surface area contributed by atoms with Crippen molar-refractivity contribution >= 4 is 21.9 Å². The van der Waals surface area contributed by atoms with Crippen molar-refractivity contribution in [2.45, 2.75) is 19.3 Å². The first kappa shape index (κ1) is 26.5. The zero-order valence-electron chi connectivity index (χ0n) is 25.5. The molecule has 0 fully saturated rings. The molecule has 4 nitrogen and oxygen atoms in total. The lowest BCUT2D eigenvalue weighted by molar-refractivity contribution is 0.650. The minimum Gasteiger partial charge on any atom is -0.455 e. The SMILES string of the molecule is CC1(C)c2ccccc2-c2cc3c(oc4ccccc43)c(-c3ccc(-c4nc(-c5ccccc5)nc(-c5ccccc5)n4)cc3)c21. The highest BCUT2D eigenvalue weighted by Gasteiger charge is 2.39. The third-order valence-electron chi connectivity index (χ3n) is 9.32. The number of fused-ring (bicyclic) bond motifs is 6. The molecule has 0 spiro atoms. The average Bonchev–Trinajstić information content (AvgIpc) is 3.60. The lowest BCUT2D eigenvalue weighted by Gasteiger charge is -2.24. The Kier molecular flexibility index (Phi) is 5.81. The molecular formula is C42H29N3O. The number of nitrogens with zero attached hydrogens (tertiary/aromatic N) is 3. The van der Waals surface area contributed by atoms with Crippen molar-refractivity contribution < 1.29 is 4.42 Å². The second-order valence-corrected chi connectivity index (χ2v) is 12.4. The normalized spacial score (nSPS) is 13.2. The molecule has 6 aromatic carbocycles. The highest BCUT2D eigenvalue weighted by atomic mass is 16.3. The van der Waals surface area contributed by atoms with Gasteiger partial charge in [-0.15, -0.1) is 0 Å². The van der Waals surface area contributed by atoms with Gasteiger partial charge in [-0.25, -0.2) is 15.0 Å². The van der Waals surface area contributed by atoms with Gasteiger partial charge in [0.2, 0.25) is 0 Å². The van der Waals surface area contributed by atoms with Gasteiger partial charge in [-0.3, -0.25) is 0 Å². The van der Waals surface area contributed by atoms with E-state index in [1.54, 1.807) is 0 Å². The fourth-order valence-corrected chi connectivity index (χ4v) is 7.12. The lowest BCUT2D eigenvalue weighted by atomic mass is 9.78. The first-order chi connectivity index (χ1) is 22.6. The third-order valence-corrected chi connectivity index (χ3v) is 9.32. The molecule has 2 heterocycles. The van der Waals surface area contributed by atoms with Crippen molar-refractivity contribution in [3.05, 3.63) is 151 Å². The van der Waals surface area contributed by atoms with Gasteiger partial charge in [-0.05, 0) is 39.9 Å². The highest BCUT2D eigenvalue weighted by Crippen LogP contribution is 2.55. The Balaban J connectivity index is 1.24. The van der Waals surface area contributed by atoms with Crippen LogP contribution in [-0.4, -0.2) is 15.0 Å². The monoisotopic (exact) mass is 591 g/mol. The van der Waals surface area contributed by atoms with E-state index in [1.165, 1.54) is 22.3 Å². The molecule has 2 aromatic heterocycles. The zero-order valence-corrected chi connectivity index (χ0v) is 25.5. The molecule has 1 aliphatic carbocycles. The zero-order chi connectivity index (χ0) is 30.8.